The average molecular weight is 322 g/mol. The van der Waals surface area contributed by atoms with Crippen molar-refractivity contribution in [3.63, 3.8) is 0 Å². The predicted octanol–water partition coefficient (Wildman–Crippen LogP) is 3.22. The van der Waals surface area contributed by atoms with E-state index >= 15 is 0 Å². The van der Waals surface area contributed by atoms with Gasteiger partial charge in [-0.25, -0.2) is 14.8 Å². The van der Waals surface area contributed by atoms with E-state index in [-0.39, 0.29) is 6.03 Å². The van der Waals surface area contributed by atoms with Gasteiger partial charge in [-0.1, -0.05) is 18.5 Å². The Morgan fingerprint density at radius 1 is 1.45 bits per heavy atom. The number of amides is 2. The van der Waals surface area contributed by atoms with Gasteiger partial charge in [-0.15, -0.1) is 0 Å². The molecule has 0 atom stereocenters. The van der Waals surface area contributed by atoms with Gasteiger partial charge in [0.05, 0.1) is 17.9 Å². The minimum absolute atomic E-state index is 0.169. The molecular formula is C15H20ClN5O. The number of carbonyl (C=O) groups excluding carboxylic acids is 1. The van der Waals surface area contributed by atoms with Crippen LogP contribution < -0.4 is 5.32 Å². The summed E-state index contributed by atoms with van der Waals surface area (Å²) in [6.07, 6.45) is 4.46. The summed E-state index contributed by atoms with van der Waals surface area (Å²) < 4.78 is 1.91. The van der Waals surface area contributed by atoms with Crippen molar-refractivity contribution in [2.75, 3.05) is 11.9 Å². The zero-order chi connectivity index (χ0) is 16.1. The lowest BCUT2D eigenvalue weighted by molar-refractivity contribution is 0.207. The molecule has 0 saturated heterocycles. The number of urea groups is 1. The Balaban J connectivity index is 2.10. The Hall–Kier alpha value is -2.08. The second-order valence-electron chi connectivity index (χ2n) is 5.07. The molecule has 0 bridgehead atoms. The van der Waals surface area contributed by atoms with E-state index in [1.807, 2.05) is 31.7 Å². The summed E-state index contributed by atoms with van der Waals surface area (Å²) in [5, 5.41) is 3.29. The van der Waals surface area contributed by atoms with Crippen molar-refractivity contribution in [1.82, 2.24) is 19.4 Å². The summed E-state index contributed by atoms with van der Waals surface area (Å²) in [6, 6.07) is 3.25. The Morgan fingerprint density at radius 3 is 2.82 bits per heavy atom. The number of aryl methyl sites for hydroxylation is 2. The fraction of sp³-hybridized carbons (Fsp3) is 0.400. The van der Waals surface area contributed by atoms with E-state index in [1.54, 1.807) is 23.2 Å². The second-order valence-corrected chi connectivity index (χ2v) is 5.46. The molecule has 0 spiro atoms. The van der Waals surface area contributed by atoms with Crippen LogP contribution >= 0.6 is 11.6 Å². The maximum Gasteiger partial charge on any atom is 0.322 e. The monoisotopic (exact) mass is 321 g/mol. The molecule has 2 heterocycles. The summed E-state index contributed by atoms with van der Waals surface area (Å²) in [5.74, 6) is 0.842. The molecule has 1 N–H and O–H groups in total. The van der Waals surface area contributed by atoms with E-state index in [2.05, 4.69) is 15.3 Å². The van der Waals surface area contributed by atoms with Crippen LogP contribution in [0.2, 0.25) is 5.15 Å². The third kappa shape index (κ3) is 3.98. The van der Waals surface area contributed by atoms with E-state index in [0.717, 1.165) is 12.2 Å². The van der Waals surface area contributed by atoms with Gasteiger partial charge >= 0.3 is 6.03 Å². The molecule has 0 radical (unpaired) electrons. The molecule has 0 saturated carbocycles. The molecule has 2 amide bonds. The van der Waals surface area contributed by atoms with Gasteiger partial charge in [-0.2, -0.15) is 0 Å². The van der Waals surface area contributed by atoms with Crippen LogP contribution in [0.4, 0.5) is 10.5 Å². The third-order valence-corrected chi connectivity index (χ3v) is 3.54. The standard InChI is InChI=1S/C15H20ClN5O/c1-4-8-21(10-14-17-7-9-20(14)3)15(22)19-12-5-6-13(16)18-11(12)2/h5-7,9H,4,8,10H2,1-3H3,(H,19,22). The van der Waals surface area contributed by atoms with Gasteiger partial charge in [0.2, 0.25) is 0 Å². The van der Waals surface area contributed by atoms with Crippen molar-refractivity contribution >= 4 is 23.3 Å². The number of halogens is 1. The summed E-state index contributed by atoms with van der Waals surface area (Å²) in [4.78, 5) is 22.6. The highest BCUT2D eigenvalue weighted by molar-refractivity contribution is 6.29. The highest BCUT2D eigenvalue weighted by Crippen LogP contribution is 2.16. The number of nitrogens with zero attached hydrogens (tertiary/aromatic N) is 4. The Kier molecular flexibility index (Phi) is 5.38. The number of rotatable bonds is 5. The van der Waals surface area contributed by atoms with Crippen LogP contribution in [0.15, 0.2) is 24.5 Å². The molecule has 0 aromatic carbocycles. The van der Waals surface area contributed by atoms with Crippen molar-refractivity contribution in [2.45, 2.75) is 26.8 Å². The molecule has 0 unspecified atom stereocenters. The molecule has 2 rings (SSSR count). The molecule has 22 heavy (non-hydrogen) atoms. The Bertz CT molecular complexity index is 655. The zero-order valence-corrected chi connectivity index (χ0v) is 13.8. The van der Waals surface area contributed by atoms with E-state index in [4.69, 9.17) is 11.6 Å². The quantitative estimate of drug-likeness (QED) is 0.860. The first-order valence-corrected chi connectivity index (χ1v) is 7.54. The molecule has 7 heteroatoms. The molecule has 0 aliphatic carbocycles. The number of hydrogen-bond donors (Lipinski definition) is 1. The summed E-state index contributed by atoms with van der Waals surface area (Å²) in [5.41, 5.74) is 1.35. The molecule has 0 aliphatic heterocycles. The van der Waals surface area contributed by atoms with Gasteiger partial charge < -0.3 is 14.8 Å². The number of anilines is 1. The molecule has 0 aliphatic rings. The van der Waals surface area contributed by atoms with E-state index < -0.39 is 0 Å². The fourth-order valence-electron chi connectivity index (χ4n) is 2.10. The minimum Gasteiger partial charge on any atom is -0.337 e. The highest BCUT2D eigenvalue weighted by atomic mass is 35.5. The van der Waals surface area contributed by atoms with Crippen LogP contribution in [0.25, 0.3) is 0 Å². The van der Waals surface area contributed by atoms with Gasteiger partial charge in [-0.05, 0) is 25.5 Å². The molecular weight excluding hydrogens is 302 g/mol. The summed E-state index contributed by atoms with van der Waals surface area (Å²) in [6.45, 7) is 4.96. The first-order valence-electron chi connectivity index (χ1n) is 7.16. The second kappa shape index (κ2) is 7.26. The normalized spacial score (nSPS) is 10.5. The number of nitrogens with one attached hydrogen (secondary N) is 1. The number of imidazole rings is 1. The van der Waals surface area contributed by atoms with Crippen LogP contribution in [0.1, 0.15) is 24.9 Å². The molecule has 6 nitrogen and oxygen atoms in total. The van der Waals surface area contributed by atoms with Crippen LogP contribution in [0.3, 0.4) is 0 Å². The third-order valence-electron chi connectivity index (χ3n) is 3.33. The van der Waals surface area contributed by atoms with Gasteiger partial charge in [0.25, 0.3) is 0 Å². The van der Waals surface area contributed by atoms with Gasteiger partial charge in [0, 0.05) is 26.0 Å². The van der Waals surface area contributed by atoms with Crippen molar-refractivity contribution in [2.24, 2.45) is 7.05 Å². The summed E-state index contributed by atoms with van der Waals surface area (Å²) >= 11 is 5.83. The number of hydrogen-bond acceptors (Lipinski definition) is 3. The first kappa shape index (κ1) is 16.3. The van der Waals surface area contributed by atoms with Crippen molar-refractivity contribution in [1.29, 1.82) is 0 Å². The van der Waals surface area contributed by atoms with Crippen LogP contribution in [-0.4, -0.2) is 32.0 Å². The van der Waals surface area contributed by atoms with Gasteiger partial charge in [0.1, 0.15) is 11.0 Å². The first-order chi connectivity index (χ1) is 10.5. The zero-order valence-electron chi connectivity index (χ0n) is 13.0. The van der Waals surface area contributed by atoms with Gasteiger partial charge in [-0.3, -0.25) is 0 Å². The average Bonchev–Trinajstić information content (AvgIpc) is 2.87. The summed E-state index contributed by atoms with van der Waals surface area (Å²) in [7, 11) is 1.91. The predicted molar refractivity (Wildman–Crippen MR) is 86.9 cm³/mol. The topological polar surface area (TPSA) is 63.1 Å². The van der Waals surface area contributed by atoms with Crippen LogP contribution in [0, 0.1) is 6.92 Å². The van der Waals surface area contributed by atoms with Crippen molar-refractivity contribution < 1.29 is 4.79 Å². The minimum atomic E-state index is -0.169. The number of carbonyl (C=O) groups is 1. The van der Waals surface area contributed by atoms with Crippen LogP contribution in [-0.2, 0) is 13.6 Å². The van der Waals surface area contributed by atoms with E-state index in [1.165, 1.54) is 0 Å². The van der Waals surface area contributed by atoms with E-state index in [9.17, 15) is 4.79 Å². The Labute approximate surface area is 135 Å². The van der Waals surface area contributed by atoms with Crippen molar-refractivity contribution in [3.8, 4) is 0 Å². The lowest BCUT2D eigenvalue weighted by Crippen LogP contribution is -2.36. The molecule has 2 aromatic heterocycles. The molecule has 118 valence electrons. The fourth-order valence-corrected chi connectivity index (χ4v) is 2.29. The number of pyridine rings is 1. The van der Waals surface area contributed by atoms with Crippen LogP contribution in [0.5, 0.6) is 0 Å². The van der Waals surface area contributed by atoms with E-state index in [0.29, 0.717) is 29.6 Å². The maximum atomic E-state index is 12.5. The van der Waals surface area contributed by atoms with Gasteiger partial charge in [0.15, 0.2) is 0 Å². The number of aromatic nitrogens is 3. The maximum absolute atomic E-state index is 12.5. The smallest absolute Gasteiger partial charge is 0.322 e. The lowest BCUT2D eigenvalue weighted by atomic mass is 10.3. The SMILES string of the molecule is CCCN(Cc1nccn1C)C(=O)Nc1ccc(Cl)nc1C. The highest BCUT2D eigenvalue weighted by Gasteiger charge is 2.16. The molecule has 2 aromatic rings. The van der Waals surface area contributed by atoms with Crippen molar-refractivity contribution in [3.05, 3.63) is 41.2 Å². The lowest BCUT2D eigenvalue weighted by Gasteiger charge is -2.22. The Morgan fingerprint density at radius 2 is 2.23 bits per heavy atom. The molecule has 0 fully saturated rings. The largest absolute Gasteiger partial charge is 0.337 e.